The van der Waals surface area contributed by atoms with Crippen molar-refractivity contribution in [1.29, 1.82) is 0 Å². The molecule has 1 aromatic heterocycles. The highest BCUT2D eigenvalue weighted by atomic mass is 32.1. The average Bonchev–Trinajstić information content (AvgIpc) is 3.49. The Morgan fingerprint density at radius 3 is 2.64 bits per heavy atom. The molecule has 1 aliphatic rings. The van der Waals surface area contributed by atoms with Crippen molar-refractivity contribution in [2.45, 2.75) is 26.4 Å². The second kappa shape index (κ2) is 11.7. The highest BCUT2D eigenvalue weighted by Gasteiger charge is 2.20. The summed E-state index contributed by atoms with van der Waals surface area (Å²) in [5.74, 6) is 0.751. The number of amides is 1. The zero-order valence-electron chi connectivity index (χ0n) is 19.7. The van der Waals surface area contributed by atoms with Gasteiger partial charge in [0, 0.05) is 17.4 Å². The van der Waals surface area contributed by atoms with Crippen molar-refractivity contribution in [3.05, 3.63) is 70.6 Å². The van der Waals surface area contributed by atoms with Gasteiger partial charge in [0.05, 0.1) is 12.2 Å². The Labute approximate surface area is 217 Å². The maximum absolute atomic E-state index is 12.5. The number of fused-ring (bicyclic) bond motifs is 1. The van der Waals surface area contributed by atoms with Gasteiger partial charge in [-0.1, -0.05) is 30.3 Å². The number of hydrogen-bond donors (Lipinski definition) is 3. The van der Waals surface area contributed by atoms with E-state index < -0.39 is 18.0 Å². The minimum Gasteiger partial charge on any atom is -0.481 e. The fourth-order valence-corrected chi connectivity index (χ4v) is 4.64. The van der Waals surface area contributed by atoms with E-state index in [4.69, 9.17) is 31.2 Å². The second-order valence-electron chi connectivity index (χ2n) is 7.68. The number of thiophene rings is 1. The van der Waals surface area contributed by atoms with Crippen LogP contribution in [-0.4, -0.2) is 36.5 Å². The van der Waals surface area contributed by atoms with E-state index in [0.29, 0.717) is 34.2 Å². The summed E-state index contributed by atoms with van der Waals surface area (Å²) in [4.78, 5) is 25.9. The third-order valence-electron chi connectivity index (χ3n) is 5.05. The van der Waals surface area contributed by atoms with Crippen molar-refractivity contribution in [3.8, 4) is 17.2 Å². The quantitative estimate of drug-likeness (QED) is 0.227. The molecule has 3 aromatic rings. The highest BCUT2D eigenvalue weighted by molar-refractivity contribution is 7.80. The van der Waals surface area contributed by atoms with Gasteiger partial charge in [0.15, 0.2) is 22.7 Å². The number of anilines is 1. The van der Waals surface area contributed by atoms with E-state index in [9.17, 15) is 9.59 Å². The number of carbonyl (C=O) groups is 2. The normalized spacial score (nSPS) is 12.4. The van der Waals surface area contributed by atoms with Gasteiger partial charge in [0.2, 0.25) is 6.79 Å². The van der Waals surface area contributed by atoms with E-state index in [-0.39, 0.29) is 18.5 Å². The molecule has 0 saturated carbocycles. The van der Waals surface area contributed by atoms with Crippen molar-refractivity contribution in [3.63, 3.8) is 0 Å². The lowest BCUT2D eigenvalue weighted by atomic mass is 10.1. The topological polar surface area (TPSA) is 107 Å². The number of esters is 1. The van der Waals surface area contributed by atoms with Crippen LogP contribution in [0.4, 0.5) is 5.00 Å². The summed E-state index contributed by atoms with van der Waals surface area (Å²) >= 11 is 6.71. The van der Waals surface area contributed by atoms with Gasteiger partial charge in [-0.25, -0.2) is 4.79 Å². The first-order chi connectivity index (χ1) is 17.4. The summed E-state index contributed by atoms with van der Waals surface area (Å²) in [5, 5.41) is 3.61. The Balaban J connectivity index is 1.34. The Bertz CT molecular complexity index is 1250. The smallest absolute Gasteiger partial charge is 0.341 e. The minimum absolute atomic E-state index is 0.109. The molecule has 2 aromatic carbocycles. The van der Waals surface area contributed by atoms with Gasteiger partial charge in [0.1, 0.15) is 10.8 Å². The van der Waals surface area contributed by atoms with Crippen molar-refractivity contribution in [2.24, 2.45) is 0 Å². The van der Waals surface area contributed by atoms with Crippen LogP contribution < -0.4 is 30.4 Å². The second-order valence-corrected chi connectivity index (χ2v) is 9.23. The zero-order valence-corrected chi connectivity index (χ0v) is 21.3. The van der Waals surface area contributed by atoms with Crippen LogP contribution in [0.3, 0.4) is 0 Å². The van der Waals surface area contributed by atoms with E-state index >= 15 is 0 Å². The molecule has 2 heterocycles. The van der Waals surface area contributed by atoms with E-state index in [1.807, 2.05) is 30.3 Å². The molecule has 1 unspecified atom stereocenters. The highest BCUT2D eigenvalue weighted by Crippen LogP contribution is 2.35. The monoisotopic (exact) mass is 527 g/mol. The zero-order chi connectivity index (χ0) is 25.5. The largest absolute Gasteiger partial charge is 0.481 e. The van der Waals surface area contributed by atoms with Crippen LogP contribution in [0.1, 0.15) is 34.6 Å². The van der Waals surface area contributed by atoms with Crippen LogP contribution >= 0.6 is 23.6 Å². The van der Waals surface area contributed by atoms with Gasteiger partial charge in [-0.15, -0.1) is 11.3 Å². The Kier molecular flexibility index (Phi) is 8.24. The molecule has 36 heavy (non-hydrogen) atoms. The standard InChI is InChI=1S/C25H25N3O6S2/c1-3-31-24(30)19-13-18(11-16-7-5-4-6-8-16)36-23(19)26-25(35)28-27-22(29)15(2)34-17-9-10-20-21(12-17)33-14-32-20/h4-10,12-13,15H,3,11,14H2,1-2H3,(H,27,29)(H2,26,28,35). The lowest BCUT2D eigenvalue weighted by molar-refractivity contribution is -0.127. The third-order valence-corrected chi connectivity index (χ3v) is 6.31. The average molecular weight is 528 g/mol. The van der Waals surface area contributed by atoms with Gasteiger partial charge < -0.3 is 24.3 Å². The predicted molar refractivity (Wildman–Crippen MR) is 140 cm³/mol. The van der Waals surface area contributed by atoms with Crippen LogP contribution in [-0.2, 0) is 16.0 Å². The number of thiocarbonyl (C=S) groups is 1. The molecule has 3 N–H and O–H groups in total. The number of benzene rings is 2. The molecule has 0 saturated heterocycles. The first-order valence-electron chi connectivity index (χ1n) is 11.2. The third kappa shape index (κ3) is 6.43. The van der Waals surface area contributed by atoms with Crippen molar-refractivity contribution in [2.75, 3.05) is 18.7 Å². The van der Waals surface area contributed by atoms with Gasteiger partial charge in [-0.2, -0.15) is 0 Å². The van der Waals surface area contributed by atoms with Gasteiger partial charge >= 0.3 is 5.97 Å². The lowest BCUT2D eigenvalue weighted by Gasteiger charge is -2.16. The molecule has 0 radical (unpaired) electrons. The van der Waals surface area contributed by atoms with E-state index in [1.165, 1.54) is 11.3 Å². The predicted octanol–water partition coefficient (Wildman–Crippen LogP) is 4.03. The Hall–Kier alpha value is -3.83. The molecule has 0 fully saturated rings. The summed E-state index contributed by atoms with van der Waals surface area (Å²) in [5.41, 5.74) is 6.65. The molecule has 1 atom stereocenters. The molecule has 1 amide bonds. The number of ether oxygens (including phenoxy) is 4. The number of hydrazine groups is 1. The first kappa shape index (κ1) is 25.3. The summed E-state index contributed by atoms with van der Waals surface area (Å²) in [6.07, 6.45) is -0.166. The van der Waals surface area contributed by atoms with Crippen LogP contribution in [0.25, 0.3) is 0 Å². The first-order valence-corrected chi connectivity index (χ1v) is 12.4. The van der Waals surface area contributed by atoms with Crippen molar-refractivity contribution in [1.82, 2.24) is 10.9 Å². The number of hydrogen-bond acceptors (Lipinski definition) is 8. The SMILES string of the molecule is CCOC(=O)c1cc(Cc2ccccc2)sc1NC(=S)NNC(=O)C(C)Oc1ccc2c(c1)OCO2. The number of nitrogens with one attached hydrogen (secondary N) is 3. The fourth-order valence-electron chi connectivity index (χ4n) is 3.34. The van der Waals surface area contributed by atoms with Crippen LogP contribution in [0.5, 0.6) is 17.2 Å². The Morgan fingerprint density at radius 1 is 1.08 bits per heavy atom. The molecular weight excluding hydrogens is 502 g/mol. The molecule has 0 spiro atoms. The van der Waals surface area contributed by atoms with E-state index in [2.05, 4.69) is 16.2 Å². The van der Waals surface area contributed by atoms with Crippen molar-refractivity contribution >= 4 is 45.5 Å². The molecule has 1 aliphatic heterocycles. The Morgan fingerprint density at radius 2 is 1.86 bits per heavy atom. The number of carbonyl (C=O) groups excluding carboxylic acids is 2. The fraction of sp³-hybridized carbons (Fsp3) is 0.240. The molecule has 0 bridgehead atoms. The summed E-state index contributed by atoms with van der Waals surface area (Å²) in [6, 6.07) is 16.8. The molecule has 11 heteroatoms. The van der Waals surface area contributed by atoms with Gasteiger partial charge in [-0.3, -0.25) is 15.6 Å². The summed E-state index contributed by atoms with van der Waals surface area (Å²) in [7, 11) is 0. The lowest BCUT2D eigenvalue weighted by Crippen LogP contribution is -2.48. The molecule has 4 rings (SSSR count). The van der Waals surface area contributed by atoms with E-state index in [1.54, 1.807) is 38.1 Å². The maximum atomic E-state index is 12.5. The van der Waals surface area contributed by atoms with Crippen molar-refractivity contribution < 1.29 is 28.5 Å². The molecule has 9 nitrogen and oxygen atoms in total. The number of rotatable bonds is 8. The van der Waals surface area contributed by atoms with Crippen LogP contribution in [0, 0.1) is 0 Å². The molecule has 0 aliphatic carbocycles. The minimum atomic E-state index is -0.824. The summed E-state index contributed by atoms with van der Waals surface area (Å²) < 4.78 is 21.5. The van der Waals surface area contributed by atoms with Crippen LogP contribution in [0.2, 0.25) is 0 Å². The molecule has 188 valence electrons. The maximum Gasteiger partial charge on any atom is 0.341 e. The summed E-state index contributed by atoms with van der Waals surface area (Å²) in [6.45, 7) is 3.75. The molecular formula is C25H25N3O6S2. The van der Waals surface area contributed by atoms with E-state index in [0.717, 1.165) is 10.4 Å². The van der Waals surface area contributed by atoms with Gasteiger partial charge in [0.25, 0.3) is 5.91 Å². The van der Waals surface area contributed by atoms with Gasteiger partial charge in [-0.05, 0) is 49.8 Å². The van der Waals surface area contributed by atoms with Crippen LogP contribution in [0.15, 0.2) is 54.6 Å².